The van der Waals surface area contributed by atoms with Crippen LogP contribution >= 0.6 is 0 Å². The molecule has 0 spiro atoms. The molecule has 0 fully saturated rings. The molecule has 0 aromatic rings. The maximum atomic E-state index is 11.7. The van der Waals surface area contributed by atoms with E-state index in [4.69, 9.17) is 0 Å². The molecular formula is C12H18O. The molecule has 0 radical (unpaired) electrons. The van der Waals surface area contributed by atoms with Gasteiger partial charge in [0.15, 0.2) is 0 Å². The van der Waals surface area contributed by atoms with Crippen LogP contribution in [0.4, 0.5) is 0 Å². The second-order valence-corrected chi connectivity index (χ2v) is 4.24. The highest BCUT2D eigenvalue weighted by atomic mass is 16.1. The molecule has 0 aromatic carbocycles. The van der Waals surface area contributed by atoms with E-state index in [1.54, 1.807) is 0 Å². The first-order valence-electron chi connectivity index (χ1n) is 4.86. The van der Waals surface area contributed by atoms with Gasteiger partial charge >= 0.3 is 0 Å². The zero-order valence-electron chi connectivity index (χ0n) is 8.98. The first kappa shape index (κ1) is 10.2. The molecule has 1 aliphatic rings. The van der Waals surface area contributed by atoms with E-state index in [1.807, 2.05) is 26.8 Å². The molecule has 72 valence electrons. The maximum Gasteiger partial charge on any atom is 0.143 e. The number of carbonyl (C=O) groups is 1. The van der Waals surface area contributed by atoms with Gasteiger partial charge in [0.05, 0.1) is 0 Å². The Hall–Kier alpha value is -0.850. The standard InChI is InChI=1S/C12H18O/c1-5-6-10-9(2)7-8-11(13)12(10,3)4/h5-6H,7-8H2,1-4H3/b6-5+. The Labute approximate surface area is 80.5 Å². The second-order valence-electron chi connectivity index (χ2n) is 4.24. The van der Waals surface area contributed by atoms with Crippen molar-refractivity contribution in [1.82, 2.24) is 0 Å². The summed E-state index contributed by atoms with van der Waals surface area (Å²) in [7, 11) is 0. The first-order valence-corrected chi connectivity index (χ1v) is 4.86. The number of hydrogen-bond donors (Lipinski definition) is 0. The third kappa shape index (κ3) is 1.74. The van der Waals surface area contributed by atoms with Crippen molar-refractivity contribution in [2.45, 2.75) is 40.5 Å². The van der Waals surface area contributed by atoms with Crippen LogP contribution < -0.4 is 0 Å². The number of hydrogen-bond acceptors (Lipinski definition) is 1. The van der Waals surface area contributed by atoms with Crippen molar-refractivity contribution in [1.29, 1.82) is 0 Å². The Morgan fingerprint density at radius 1 is 1.31 bits per heavy atom. The van der Waals surface area contributed by atoms with Crippen LogP contribution in [0, 0.1) is 5.41 Å². The first-order chi connectivity index (χ1) is 6.00. The Morgan fingerprint density at radius 2 is 1.92 bits per heavy atom. The molecule has 1 nitrogen and oxygen atoms in total. The molecular weight excluding hydrogens is 160 g/mol. The number of allylic oxidation sites excluding steroid dienone is 4. The average molecular weight is 178 g/mol. The molecule has 0 saturated heterocycles. The monoisotopic (exact) mass is 178 g/mol. The molecule has 0 aliphatic heterocycles. The molecule has 0 atom stereocenters. The van der Waals surface area contributed by atoms with Gasteiger partial charge in [0.2, 0.25) is 0 Å². The molecule has 0 saturated carbocycles. The van der Waals surface area contributed by atoms with Crippen LogP contribution in [0.25, 0.3) is 0 Å². The van der Waals surface area contributed by atoms with Crippen LogP contribution in [0.5, 0.6) is 0 Å². The summed E-state index contributed by atoms with van der Waals surface area (Å²) in [4.78, 5) is 11.7. The van der Waals surface area contributed by atoms with Crippen LogP contribution in [-0.4, -0.2) is 5.78 Å². The fourth-order valence-corrected chi connectivity index (χ4v) is 1.95. The van der Waals surface area contributed by atoms with Gasteiger partial charge in [-0.3, -0.25) is 4.79 Å². The molecule has 1 heteroatoms. The zero-order valence-corrected chi connectivity index (χ0v) is 8.98. The minimum absolute atomic E-state index is 0.269. The summed E-state index contributed by atoms with van der Waals surface area (Å²) in [5.41, 5.74) is 2.31. The number of Topliss-reactive ketones (excluding diaryl/α,β-unsaturated/α-hetero) is 1. The summed E-state index contributed by atoms with van der Waals surface area (Å²) in [5.74, 6) is 0.367. The predicted molar refractivity (Wildman–Crippen MR) is 55.5 cm³/mol. The lowest BCUT2D eigenvalue weighted by atomic mass is 9.72. The molecule has 0 heterocycles. The highest BCUT2D eigenvalue weighted by Gasteiger charge is 2.34. The van der Waals surface area contributed by atoms with Crippen LogP contribution in [0.15, 0.2) is 23.3 Å². The van der Waals surface area contributed by atoms with Crippen molar-refractivity contribution in [3.8, 4) is 0 Å². The average Bonchev–Trinajstić information content (AvgIpc) is 2.06. The van der Waals surface area contributed by atoms with Crippen molar-refractivity contribution in [3.05, 3.63) is 23.3 Å². The molecule has 0 bridgehead atoms. The van der Waals surface area contributed by atoms with Crippen LogP contribution in [0.3, 0.4) is 0 Å². The molecule has 0 amide bonds. The van der Waals surface area contributed by atoms with Gasteiger partial charge in [-0.25, -0.2) is 0 Å². The van der Waals surface area contributed by atoms with Crippen LogP contribution in [0.1, 0.15) is 40.5 Å². The van der Waals surface area contributed by atoms with Gasteiger partial charge in [-0.2, -0.15) is 0 Å². The zero-order chi connectivity index (χ0) is 10.1. The van der Waals surface area contributed by atoms with E-state index in [-0.39, 0.29) is 5.41 Å². The Morgan fingerprint density at radius 3 is 2.46 bits per heavy atom. The van der Waals surface area contributed by atoms with E-state index in [0.29, 0.717) is 12.2 Å². The van der Waals surface area contributed by atoms with Crippen LogP contribution in [0.2, 0.25) is 0 Å². The smallest absolute Gasteiger partial charge is 0.143 e. The summed E-state index contributed by atoms with van der Waals surface area (Å²) in [6.07, 6.45) is 5.73. The van der Waals surface area contributed by atoms with Crippen molar-refractivity contribution in [3.63, 3.8) is 0 Å². The van der Waals surface area contributed by atoms with Crippen molar-refractivity contribution < 1.29 is 4.79 Å². The van der Waals surface area contributed by atoms with Gasteiger partial charge in [-0.05, 0) is 39.7 Å². The Bertz CT molecular complexity index is 279. The van der Waals surface area contributed by atoms with E-state index in [1.165, 1.54) is 11.1 Å². The third-order valence-electron chi connectivity index (χ3n) is 2.89. The summed E-state index contributed by atoms with van der Waals surface area (Å²) in [6.45, 7) is 8.17. The number of ketones is 1. The summed E-state index contributed by atoms with van der Waals surface area (Å²) < 4.78 is 0. The van der Waals surface area contributed by atoms with Crippen molar-refractivity contribution >= 4 is 5.78 Å². The van der Waals surface area contributed by atoms with E-state index >= 15 is 0 Å². The fraction of sp³-hybridized carbons (Fsp3) is 0.583. The minimum atomic E-state index is -0.269. The molecule has 0 unspecified atom stereocenters. The highest BCUT2D eigenvalue weighted by molar-refractivity contribution is 5.89. The summed E-state index contributed by atoms with van der Waals surface area (Å²) >= 11 is 0. The molecule has 1 aliphatic carbocycles. The van der Waals surface area contributed by atoms with E-state index < -0.39 is 0 Å². The summed E-state index contributed by atoms with van der Waals surface area (Å²) in [6, 6.07) is 0. The molecule has 0 aromatic heterocycles. The number of rotatable bonds is 1. The fourth-order valence-electron chi connectivity index (χ4n) is 1.95. The number of carbonyl (C=O) groups excluding carboxylic acids is 1. The van der Waals surface area contributed by atoms with Gasteiger partial charge in [0.1, 0.15) is 5.78 Å². The van der Waals surface area contributed by atoms with Gasteiger partial charge in [0, 0.05) is 11.8 Å². The van der Waals surface area contributed by atoms with E-state index in [2.05, 4.69) is 13.0 Å². The van der Waals surface area contributed by atoms with Crippen molar-refractivity contribution in [2.24, 2.45) is 5.41 Å². The Kier molecular flexibility index (Phi) is 2.74. The molecule has 0 N–H and O–H groups in total. The largest absolute Gasteiger partial charge is 0.299 e. The van der Waals surface area contributed by atoms with Gasteiger partial charge in [-0.1, -0.05) is 17.7 Å². The van der Waals surface area contributed by atoms with Crippen LogP contribution in [-0.2, 0) is 4.79 Å². The SMILES string of the molecule is C/C=C/C1=C(C)CCC(=O)C1(C)C. The quantitative estimate of drug-likeness (QED) is 0.602. The van der Waals surface area contributed by atoms with Crippen molar-refractivity contribution in [2.75, 3.05) is 0 Å². The van der Waals surface area contributed by atoms with E-state index in [0.717, 1.165) is 6.42 Å². The predicted octanol–water partition coefficient (Wildman–Crippen LogP) is 3.27. The lowest BCUT2D eigenvalue weighted by Crippen LogP contribution is -2.30. The molecule has 13 heavy (non-hydrogen) atoms. The molecule has 1 rings (SSSR count). The van der Waals surface area contributed by atoms with E-state index in [9.17, 15) is 4.79 Å². The maximum absolute atomic E-state index is 11.7. The summed E-state index contributed by atoms with van der Waals surface area (Å²) in [5, 5.41) is 0. The second kappa shape index (κ2) is 3.49. The lowest BCUT2D eigenvalue weighted by molar-refractivity contribution is -0.125. The minimum Gasteiger partial charge on any atom is -0.299 e. The lowest BCUT2D eigenvalue weighted by Gasteiger charge is -2.31. The topological polar surface area (TPSA) is 17.1 Å². The Balaban J connectivity index is 3.16. The van der Waals surface area contributed by atoms with Gasteiger partial charge < -0.3 is 0 Å². The normalized spacial score (nSPS) is 22.9. The van der Waals surface area contributed by atoms with Gasteiger partial charge in [0.25, 0.3) is 0 Å². The highest BCUT2D eigenvalue weighted by Crippen LogP contribution is 2.38. The van der Waals surface area contributed by atoms with Gasteiger partial charge in [-0.15, -0.1) is 0 Å². The third-order valence-corrected chi connectivity index (χ3v) is 2.89.